The monoisotopic (exact) mass is 349 g/mol. The second-order valence-electron chi connectivity index (χ2n) is 5.82. The Kier molecular flexibility index (Phi) is 5.49. The summed E-state index contributed by atoms with van der Waals surface area (Å²) in [5.74, 6) is -0.415. The molecule has 0 atom stereocenters. The first-order valence-corrected chi connectivity index (χ1v) is 8.24. The predicted octanol–water partition coefficient (Wildman–Crippen LogP) is 3.71. The maximum Gasteiger partial charge on any atom is 0.344 e. The molecule has 26 heavy (non-hydrogen) atoms. The molecule has 0 saturated carbocycles. The molecular formula is C21H19NO4. The van der Waals surface area contributed by atoms with Gasteiger partial charge in [-0.05, 0) is 41.5 Å². The molecule has 1 amide bonds. The molecule has 0 radical (unpaired) electrons. The first-order chi connectivity index (χ1) is 12.6. The molecule has 0 fully saturated rings. The van der Waals surface area contributed by atoms with Gasteiger partial charge in [0, 0.05) is 5.69 Å². The third kappa shape index (κ3) is 4.60. The zero-order valence-corrected chi connectivity index (χ0v) is 14.4. The van der Waals surface area contributed by atoms with Crippen molar-refractivity contribution in [2.45, 2.75) is 6.92 Å². The van der Waals surface area contributed by atoms with Crippen molar-refractivity contribution in [3.8, 4) is 5.75 Å². The summed E-state index contributed by atoms with van der Waals surface area (Å²) < 4.78 is 10.4. The number of carbonyl (C=O) groups is 2. The standard InChI is InChI=1S/C21H19NO4/c1-15-6-2-5-9-19(15)22-20(23)13-26-21(24)14-25-18-11-10-16-7-3-4-8-17(16)12-18/h2-12H,13-14H2,1H3,(H,22,23). The Morgan fingerprint density at radius 3 is 2.42 bits per heavy atom. The second kappa shape index (κ2) is 8.16. The topological polar surface area (TPSA) is 64.6 Å². The van der Waals surface area contributed by atoms with E-state index >= 15 is 0 Å². The molecule has 132 valence electrons. The molecule has 0 aliphatic carbocycles. The fourth-order valence-corrected chi connectivity index (χ4v) is 2.49. The summed E-state index contributed by atoms with van der Waals surface area (Å²) in [6.07, 6.45) is 0. The van der Waals surface area contributed by atoms with Gasteiger partial charge in [-0.3, -0.25) is 4.79 Å². The Balaban J connectivity index is 1.46. The number of ether oxygens (including phenoxy) is 2. The van der Waals surface area contributed by atoms with Crippen LogP contribution in [-0.4, -0.2) is 25.1 Å². The van der Waals surface area contributed by atoms with Crippen LogP contribution >= 0.6 is 0 Å². The minimum atomic E-state index is -0.599. The van der Waals surface area contributed by atoms with E-state index in [2.05, 4.69) is 5.32 Å². The maximum atomic E-state index is 11.9. The van der Waals surface area contributed by atoms with Gasteiger partial charge >= 0.3 is 5.97 Å². The number of hydrogen-bond donors (Lipinski definition) is 1. The summed E-state index contributed by atoms with van der Waals surface area (Å²) in [6.45, 7) is 1.28. The van der Waals surface area contributed by atoms with Crippen molar-refractivity contribution in [3.63, 3.8) is 0 Å². The van der Waals surface area contributed by atoms with E-state index in [1.165, 1.54) is 0 Å². The van der Waals surface area contributed by atoms with E-state index in [0.717, 1.165) is 16.3 Å². The third-order valence-corrected chi connectivity index (χ3v) is 3.86. The Bertz CT molecular complexity index is 936. The fourth-order valence-electron chi connectivity index (χ4n) is 2.49. The Morgan fingerprint density at radius 2 is 1.62 bits per heavy atom. The number of amides is 1. The van der Waals surface area contributed by atoms with E-state index in [0.29, 0.717) is 11.4 Å². The molecule has 0 aromatic heterocycles. The van der Waals surface area contributed by atoms with Crippen LogP contribution in [0.1, 0.15) is 5.56 Å². The third-order valence-electron chi connectivity index (χ3n) is 3.86. The minimum Gasteiger partial charge on any atom is -0.482 e. The van der Waals surface area contributed by atoms with Gasteiger partial charge in [-0.15, -0.1) is 0 Å². The van der Waals surface area contributed by atoms with Crippen LogP contribution in [0.25, 0.3) is 10.8 Å². The molecule has 0 aliphatic rings. The average molecular weight is 349 g/mol. The van der Waals surface area contributed by atoms with Crippen molar-refractivity contribution in [1.29, 1.82) is 0 Å². The Labute approximate surface area is 151 Å². The summed E-state index contributed by atoms with van der Waals surface area (Å²) in [6, 6.07) is 20.8. The van der Waals surface area contributed by atoms with Crippen molar-refractivity contribution in [3.05, 3.63) is 72.3 Å². The van der Waals surface area contributed by atoms with E-state index < -0.39 is 11.9 Å². The molecule has 0 heterocycles. The smallest absolute Gasteiger partial charge is 0.344 e. The zero-order valence-electron chi connectivity index (χ0n) is 14.4. The first kappa shape index (κ1) is 17.5. The number of rotatable bonds is 6. The molecule has 0 aliphatic heterocycles. The molecule has 3 aromatic carbocycles. The van der Waals surface area contributed by atoms with Gasteiger partial charge in [-0.1, -0.05) is 48.5 Å². The molecular weight excluding hydrogens is 330 g/mol. The lowest BCUT2D eigenvalue weighted by atomic mass is 10.1. The van der Waals surface area contributed by atoms with Gasteiger partial charge < -0.3 is 14.8 Å². The number of esters is 1. The number of aryl methyl sites for hydroxylation is 1. The highest BCUT2D eigenvalue weighted by Gasteiger charge is 2.10. The molecule has 0 bridgehead atoms. The number of benzene rings is 3. The van der Waals surface area contributed by atoms with Crippen LogP contribution in [0.15, 0.2) is 66.7 Å². The molecule has 0 unspecified atom stereocenters. The maximum absolute atomic E-state index is 11.9. The second-order valence-corrected chi connectivity index (χ2v) is 5.82. The largest absolute Gasteiger partial charge is 0.482 e. The Hall–Kier alpha value is -3.34. The van der Waals surface area contributed by atoms with Gasteiger partial charge in [0.05, 0.1) is 0 Å². The quantitative estimate of drug-likeness (QED) is 0.689. The summed E-state index contributed by atoms with van der Waals surface area (Å²) in [7, 11) is 0. The van der Waals surface area contributed by atoms with Crippen LogP contribution in [0.3, 0.4) is 0 Å². The number of nitrogens with one attached hydrogen (secondary N) is 1. The van der Waals surface area contributed by atoms with E-state index in [1.807, 2.05) is 61.5 Å². The zero-order chi connectivity index (χ0) is 18.4. The highest BCUT2D eigenvalue weighted by atomic mass is 16.6. The lowest BCUT2D eigenvalue weighted by molar-refractivity contribution is -0.149. The summed E-state index contributed by atoms with van der Waals surface area (Å²) in [5.41, 5.74) is 1.63. The molecule has 1 N–H and O–H groups in total. The summed E-state index contributed by atoms with van der Waals surface area (Å²) in [5, 5.41) is 4.82. The molecule has 3 aromatic rings. The van der Waals surface area contributed by atoms with E-state index in [1.54, 1.807) is 12.1 Å². The lowest BCUT2D eigenvalue weighted by Gasteiger charge is -2.09. The average Bonchev–Trinajstić information content (AvgIpc) is 2.66. The highest BCUT2D eigenvalue weighted by Crippen LogP contribution is 2.20. The van der Waals surface area contributed by atoms with E-state index in [-0.39, 0.29) is 13.2 Å². The van der Waals surface area contributed by atoms with Crippen LogP contribution in [-0.2, 0) is 14.3 Å². The number of hydrogen-bond acceptors (Lipinski definition) is 4. The van der Waals surface area contributed by atoms with Gasteiger partial charge in [-0.25, -0.2) is 4.79 Å². The fraction of sp³-hybridized carbons (Fsp3) is 0.143. The van der Waals surface area contributed by atoms with Gasteiger partial charge in [0.1, 0.15) is 5.75 Å². The molecule has 5 nitrogen and oxygen atoms in total. The van der Waals surface area contributed by atoms with E-state index in [9.17, 15) is 9.59 Å². The van der Waals surface area contributed by atoms with Gasteiger partial charge in [0.25, 0.3) is 5.91 Å². The molecule has 0 spiro atoms. The van der Waals surface area contributed by atoms with E-state index in [4.69, 9.17) is 9.47 Å². The first-order valence-electron chi connectivity index (χ1n) is 8.24. The summed E-state index contributed by atoms with van der Waals surface area (Å²) >= 11 is 0. The molecule has 3 rings (SSSR count). The number of para-hydroxylation sites is 1. The highest BCUT2D eigenvalue weighted by molar-refractivity contribution is 5.93. The van der Waals surface area contributed by atoms with Crippen LogP contribution in [0.5, 0.6) is 5.75 Å². The summed E-state index contributed by atoms with van der Waals surface area (Å²) in [4.78, 5) is 23.6. The van der Waals surface area contributed by atoms with Crippen molar-refractivity contribution >= 4 is 28.3 Å². The van der Waals surface area contributed by atoms with Crippen LogP contribution < -0.4 is 10.1 Å². The van der Waals surface area contributed by atoms with Crippen molar-refractivity contribution in [1.82, 2.24) is 0 Å². The molecule has 5 heteroatoms. The predicted molar refractivity (Wildman–Crippen MR) is 100 cm³/mol. The molecule has 0 saturated heterocycles. The van der Waals surface area contributed by atoms with Crippen molar-refractivity contribution in [2.24, 2.45) is 0 Å². The van der Waals surface area contributed by atoms with Gasteiger partial charge in [0.2, 0.25) is 0 Å². The van der Waals surface area contributed by atoms with Gasteiger partial charge in [-0.2, -0.15) is 0 Å². The van der Waals surface area contributed by atoms with Crippen LogP contribution in [0, 0.1) is 6.92 Å². The Morgan fingerprint density at radius 1 is 0.885 bits per heavy atom. The normalized spacial score (nSPS) is 10.3. The van der Waals surface area contributed by atoms with Crippen LogP contribution in [0.2, 0.25) is 0 Å². The van der Waals surface area contributed by atoms with Crippen molar-refractivity contribution in [2.75, 3.05) is 18.5 Å². The number of carbonyl (C=O) groups excluding carboxylic acids is 2. The SMILES string of the molecule is Cc1ccccc1NC(=O)COC(=O)COc1ccc2ccccc2c1. The van der Waals surface area contributed by atoms with Crippen molar-refractivity contribution < 1.29 is 19.1 Å². The lowest BCUT2D eigenvalue weighted by Crippen LogP contribution is -2.23. The minimum absolute atomic E-state index is 0.254. The number of fused-ring (bicyclic) bond motifs is 1. The van der Waals surface area contributed by atoms with Crippen LogP contribution in [0.4, 0.5) is 5.69 Å². The number of anilines is 1. The van der Waals surface area contributed by atoms with Gasteiger partial charge in [0.15, 0.2) is 13.2 Å².